The molecule has 1 aromatic carbocycles. The topological polar surface area (TPSA) is 50.4 Å². The van der Waals surface area contributed by atoms with Crippen LogP contribution in [-0.2, 0) is 6.42 Å². The van der Waals surface area contributed by atoms with Gasteiger partial charge in [0, 0.05) is 0 Å². The number of hydrogen-bond donors (Lipinski definition) is 1. The van der Waals surface area contributed by atoms with Crippen LogP contribution in [0.2, 0.25) is 0 Å². The van der Waals surface area contributed by atoms with Gasteiger partial charge in [-0.15, -0.1) is 6.58 Å². The molecule has 0 saturated carbocycles. The second-order valence-corrected chi connectivity index (χ2v) is 5.64. The van der Waals surface area contributed by atoms with Gasteiger partial charge in [-0.25, -0.2) is 4.79 Å². The van der Waals surface area contributed by atoms with Crippen molar-refractivity contribution in [3.63, 3.8) is 0 Å². The first-order valence-electron chi connectivity index (χ1n) is 8.38. The van der Waals surface area contributed by atoms with Gasteiger partial charge in [0.05, 0.1) is 10.9 Å². The Kier molecular flexibility index (Phi) is 7.09. The molecule has 1 aromatic heterocycles. The predicted molar refractivity (Wildman–Crippen MR) is 99.4 cm³/mol. The smallest absolute Gasteiger partial charge is 0.343 e. The highest BCUT2D eigenvalue weighted by Crippen LogP contribution is 2.26. The fourth-order valence-electron chi connectivity index (χ4n) is 2.50. The van der Waals surface area contributed by atoms with Crippen molar-refractivity contribution >= 4 is 11.0 Å². The summed E-state index contributed by atoms with van der Waals surface area (Å²) in [5.41, 5.74) is 0.315. The lowest BCUT2D eigenvalue weighted by Gasteiger charge is -2.04. The van der Waals surface area contributed by atoms with E-state index in [1.165, 1.54) is 0 Å². The molecule has 0 unspecified atom stereocenters. The van der Waals surface area contributed by atoms with Gasteiger partial charge in [-0.2, -0.15) is 0 Å². The number of fused-ring (bicyclic) bond motifs is 1. The van der Waals surface area contributed by atoms with Gasteiger partial charge in [0.2, 0.25) is 0 Å². The van der Waals surface area contributed by atoms with Crippen LogP contribution in [0.1, 0.15) is 37.7 Å². The summed E-state index contributed by atoms with van der Waals surface area (Å²) < 4.78 is 5.26. The van der Waals surface area contributed by atoms with Gasteiger partial charge >= 0.3 is 5.63 Å². The fourth-order valence-corrected chi connectivity index (χ4v) is 2.50. The molecule has 1 N–H and O–H groups in total. The first-order valence-corrected chi connectivity index (χ1v) is 8.38. The number of para-hydroxylation sites is 1. The van der Waals surface area contributed by atoms with Crippen molar-refractivity contribution in [2.45, 2.75) is 38.5 Å². The summed E-state index contributed by atoms with van der Waals surface area (Å²) >= 11 is 0. The minimum Gasteiger partial charge on any atom is -0.507 e. The van der Waals surface area contributed by atoms with E-state index in [1.807, 2.05) is 18.2 Å². The number of rotatable bonds is 9. The van der Waals surface area contributed by atoms with E-state index < -0.39 is 5.63 Å². The van der Waals surface area contributed by atoms with Crippen molar-refractivity contribution in [2.24, 2.45) is 0 Å². The van der Waals surface area contributed by atoms with Crippen LogP contribution in [-0.4, -0.2) is 5.11 Å². The molecule has 0 aliphatic heterocycles. The maximum absolute atomic E-state index is 12.0. The average Bonchev–Trinajstić information content (AvgIpc) is 2.59. The molecule has 0 saturated heterocycles. The van der Waals surface area contributed by atoms with E-state index in [1.54, 1.807) is 18.2 Å². The lowest BCUT2D eigenvalue weighted by atomic mass is 10.1. The Balaban J connectivity index is 1.85. The van der Waals surface area contributed by atoms with Crippen LogP contribution in [0.4, 0.5) is 0 Å². The van der Waals surface area contributed by atoms with Crippen molar-refractivity contribution in [3.8, 4) is 5.75 Å². The maximum atomic E-state index is 12.0. The molecule has 0 radical (unpaired) electrons. The lowest BCUT2D eigenvalue weighted by Crippen LogP contribution is -2.07. The molecule has 0 aliphatic carbocycles. The molecule has 0 atom stereocenters. The molecular weight excluding hydrogens is 300 g/mol. The van der Waals surface area contributed by atoms with Crippen molar-refractivity contribution in [3.05, 3.63) is 77.2 Å². The summed E-state index contributed by atoms with van der Waals surface area (Å²) in [4.78, 5) is 12.0. The first-order chi connectivity index (χ1) is 11.7. The van der Waals surface area contributed by atoms with Crippen LogP contribution in [0.15, 0.2) is 70.4 Å². The van der Waals surface area contributed by atoms with Crippen molar-refractivity contribution in [1.29, 1.82) is 0 Å². The molecule has 3 heteroatoms. The molecule has 0 bridgehead atoms. The summed E-state index contributed by atoms with van der Waals surface area (Å²) in [5.74, 6) is 0.0420. The SMILES string of the molecule is C=CCC/C=C/CC/C=C/CCc1c(O)c2ccccc2oc1=O. The van der Waals surface area contributed by atoms with E-state index in [4.69, 9.17) is 4.42 Å². The van der Waals surface area contributed by atoms with Gasteiger partial charge in [-0.05, 0) is 50.7 Å². The van der Waals surface area contributed by atoms with Gasteiger partial charge in [-0.3, -0.25) is 0 Å². The molecule has 126 valence electrons. The van der Waals surface area contributed by atoms with Gasteiger partial charge in [0.15, 0.2) is 0 Å². The highest BCUT2D eigenvalue weighted by atomic mass is 16.4. The molecule has 0 aliphatic rings. The standard InChI is InChI=1S/C21H24O3/c1-2-3-4-5-6-7-8-9-10-11-15-18-20(22)17-14-12-13-16-19(17)24-21(18)23/h2,5-6,9-10,12-14,16,22H,1,3-4,7-8,11,15H2/b6-5+,10-9+. The number of allylic oxidation sites excluding steroid dienone is 5. The average molecular weight is 324 g/mol. The summed E-state index contributed by atoms with van der Waals surface area (Å²) in [5, 5.41) is 10.9. The lowest BCUT2D eigenvalue weighted by molar-refractivity contribution is 0.456. The number of unbranched alkanes of at least 4 members (excludes halogenated alkanes) is 2. The zero-order valence-electron chi connectivity index (χ0n) is 13.9. The summed E-state index contributed by atoms with van der Waals surface area (Å²) in [6.07, 6.45) is 15.7. The molecule has 2 rings (SSSR count). The number of benzene rings is 1. The first kappa shape index (κ1) is 17.8. The highest BCUT2D eigenvalue weighted by molar-refractivity contribution is 5.83. The minimum atomic E-state index is -0.454. The third-order valence-electron chi connectivity index (χ3n) is 3.81. The zero-order valence-corrected chi connectivity index (χ0v) is 13.9. The third-order valence-corrected chi connectivity index (χ3v) is 3.81. The van der Waals surface area contributed by atoms with Crippen LogP contribution >= 0.6 is 0 Å². The Morgan fingerprint density at radius 3 is 2.29 bits per heavy atom. The monoisotopic (exact) mass is 324 g/mol. The molecule has 24 heavy (non-hydrogen) atoms. The Labute approximate surface area is 142 Å². The van der Waals surface area contributed by atoms with Crippen molar-refractivity contribution < 1.29 is 9.52 Å². The zero-order chi connectivity index (χ0) is 17.2. The summed E-state index contributed by atoms with van der Waals surface area (Å²) in [7, 11) is 0. The summed E-state index contributed by atoms with van der Waals surface area (Å²) in [6, 6.07) is 7.03. The molecule has 0 amide bonds. The van der Waals surface area contributed by atoms with Crippen LogP contribution in [0, 0.1) is 0 Å². The van der Waals surface area contributed by atoms with E-state index in [9.17, 15) is 9.90 Å². The second kappa shape index (κ2) is 9.56. The van der Waals surface area contributed by atoms with E-state index in [0.717, 1.165) is 25.7 Å². The van der Waals surface area contributed by atoms with Crippen molar-refractivity contribution in [1.82, 2.24) is 0 Å². The van der Waals surface area contributed by atoms with Crippen LogP contribution in [0.3, 0.4) is 0 Å². The van der Waals surface area contributed by atoms with Crippen molar-refractivity contribution in [2.75, 3.05) is 0 Å². The quantitative estimate of drug-likeness (QED) is 0.387. The van der Waals surface area contributed by atoms with Crippen LogP contribution < -0.4 is 5.63 Å². The highest BCUT2D eigenvalue weighted by Gasteiger charge is 2.12. The van der Waals surface area contributed by atoms with E-state index in [2.05, 4.69) is 24.8 Å². The minimum absolute atomic E-state index is 0.0420. The van der Waals surface area contributed by atoms with E-state index in [-0.39, 0.29) is 5.75 Å². The maximum Gasteiger partial charge on any atom is 0.343 e. The fraction of sp³-hybridized carbons (Fsp3) is 0.286. The summed E-state index contributed by atoms with van der Waals surface area (Å²) in [6.45, 7) is 3.69. The molecule has 3 nitrogen and oxygen atoms in total. The second-order valence-electron chi connectivity index (χ2n) is 5.64. The Morgan fingerprint density at radius 2 is 1.58 bits per heavy atom. The Bertz CT molecular complexity index is 781. The molecule has 0 fully saturated rings. The normalized spacial score (nSPS) is 11.7. The molecule has 2 aromatic rings. The van der Waals surface area contributed by atoms with Gasteiger partial charge in [0.1, 0.15) is 11.3 Å². The van der Waals surface area contributed by atoms with Crippen LogP contribution in [0.5, 0.6) is 5.75 Å². The Morgan fingerprint density at radius 1 is 0.958 bits per heavy atom. The van der Waals surface area contributed by atoms with Crippen LogP contribution in [0.25, 0.3) is 11.0 Å². The van der Waals surface area contributed by atoms with Gasteiger partial charge in [0.25, 0.3) is 0 Å². The van der Waals surface area contributed by atoms with E-state index in [0.29, 0.717) is 29.4 Å². The predicted octanol–water partition coefficient (Wildman–Crippen LogP) is 5.29. The van der Waals surface area contributed by atoms with Gasteiger partial charge < -0.3 is 9.52 Å². The largest absolute Gasteiger partial charge is 0.507 e. The number of aromatic hydroxyl groups is 1. The van der Waals surface area contributed by atoms with Gasteiger partial charge in [-0.1, -0.05) is 42.5 Å². The van der Waals surface area contributed by atoms with E-state index >= 15 is 0 Å². The third kappa shape index (κ3) is 4.98. The molecule has 1 heterocycles. The number of hydrogen-bond acceptors (Lipinski definition) is 3. The Hall–Kier alpha value is -2.55. The molecular formula is C21H24O3. The molecule has 0 spiro atoms.